The molecule has 4 N–H and O–H groups in total. The Morgan fingerprint density at radius 1 is 1.31 bits per heavy atom. The molecule has 0 radical (unpaired) electrons. The first-order valence-electron chi connectivity index (χ1n) is 10.1. The SMILES string of the molecule is NC[C@H](NC(=O)C1=C(Cl)C2=C(CC1Cl)CN(C(=O)c1cc3ccccc3o1)CC2)C(=O)O. The van der Waals surface area contributed by atoms with Gasteiger partial charge in [0, 0.05) is 25.0 Å². The number of carbonyl (C=O) groups is 3. The van der Waals surface area contributed by atoms with E-state index in [0.717, 1.165) is 16.5 Å². The number of hydrogen-bond acceptors (Lipinski definition) is 5. The smallest absolute Gasteiger partial charge is 0.327 e. The lowest BCUT2D eigenvalue weighted by molar-refractivity contribution is -0.141. The van der Waals surface area contributed by atoms with Gasteiger partial charge in [0.25, 0.3) is 11.8 Å². The van der Waals surface area contributed by atoms with Gasteiger partial charge in [-0.3, -0.25) is 9.59 Å². The second-order valence-corrected chi connectivity index (χ2v) is 8.61. The van der Waals surface area contributed by atoms with Gasteiger partial charge >= 0.3 is 5.97 Å². The molecule has 2 atom stereocenters. The van der Waals surface area contributed by atoms with Gasteiger partial charge in [0.15, 0.2) is 5.76 Å². The Bertz CT molecular complexity index is 1140. The normalized spacial score (nSPS) is 19.7. The van der Waals surface area contributed by atoms with Crippen LogP contribution < -0.4 is 11.1 Å². The lowest BCUT2D eigenvalue weighted by Crippen LogP contribution is -2.47. The first-order valence-corrected chi connectivity index (χ1v) is 10.9. The highest BCUT2D eigenvalue weighted by Crippen LogP contribution is 2.40. The molecule has 10 heteroatoms. The Balaban J connectivity index is 1.55. The summed E-state index contributed by atoms with van der Waals surface area (Å²) in [5.74, 6) is -1.86. The molecule has 0 saturated heterocycles. The van der Waals surface area contributed by atoms with E-state index >= 15 is 0 Å². The molecule has 2 heterocycles. The summed E-state index contributed by atoms with van der Waals surface area (Å²) in [6.45, 7) is 0.458. The van der Waals surface area contributed by atoms with E-state index < -0.39 is 23.3 Å². The summed E-state index contributed by atoms with van der Waals surface area (Å²) in [5, 5.41) is 11.8. The molecule has 2 aliphatic rings. The largest absolute Gasteiger partial charge is 0.480 e. The van der Waals surface area contributed by atoms with Crippen LogP contribution in [0.1, 0.15) is 23.4 Å². The highest BCUT2D eigenvalue weighted by molar-refractivity contribution is 6.37. The summed E-state index contributed by atoms with van der Waals surface area (Å²) in [6.07, 6.45) is 0.764. The fraction of sp³-hybridized carbons (Fsp3) is 0.318. The van der Waals surface area contributed by atoms with Crippen LogP contribution in [0.15, 0.2) is 56.5 Å². The number of nitrogens with zero attached hydrogens (tertiary/aromatic N) is 1. The van der Waals surface area contributed by atoms with E-state index in [1.54, 1.807) is 17.0 Å². The molecule has 0 saturated carbocycles. The van der Waals surface area contributed by atoms with Crippen molar-refractivity contribution < 1.29 is 23.9 Å². The Labute approximate surface area is 193 Å². The number of rotatable bonds is 5. The van der Waals surface area contributed by atoms with Gasteiger partial charge in [0.2, 0.25) is 0 Å². The molecule has 0 bridgehead atoms. The van der Waals surface area contributed by atoms with Crippen LogP contribution in [0.4, 0.5) is 0 Å². The van der Waals surface area contributed by atoms with Gasteiger partial charge in [-0.15, -0.1) is 11.6 Å². The van der Waals surface area contributed by atoms with Crippen LogP contribution >= 0.6 is 23.2 Å². The van der Waals surface area contributed by atoms with E-state index in [4.69, 9.17) is 38.5 Å². The van der Waals surface area contributed by atoms with Crippen LogP contribution in [-0.4, -0.2) is 58.8 Å². The predicted octanol–water partition coefficient (Wildman–Crippen LogP) is 2.61. The molecule has 2 amide bonds. The molecule has 8 nitrogen and oxygen atoms in total. The van der Waals surface area contributed by atoms with Crippen LogP contribution in [0.3, 0.4) is 0 Å². The second kappa shape index (κ2) is 8.97. The molecule has 1 aliphatic carbocycles. The van der Waals surface area contributed by atoms with Crippen LogP contribution in [-0.2, 0) is 9.59 Å². The number of carboxylic acids is 1. The van der Waals surface area contributed by atoms with Gasteiger partial charge in [0.1, 0.15) is 11.6 Å². The highest BCUT2D eigenvalue weighted by atomic mass is 35.5. The Morgan fingerprint density at radius 3 is 2.75 bits per heavy atom. The van der Waals surface area contributed by atoms with E-state index in [9.17, 15) is 14.4 Å². The molecule has 1 aliphatic heterocycles. The summed E-state index contributed by atoms with van der Waals surface area (Å²) >= 11 is 13.0. The average Bonchev–Trinajstić information content (AvgIpc) is 3.20. The molecule has 1 aromatic carbocycles. The summed E-state index contributed by atoms with van der Waals surface area (Å²) < 4.78 is 5.70. The first-order chi connectivity index (χ1) is 15.3. The van der Waals surface area contributed by atoms with Crippen LogP contribution in [0.2, 0.25) is 0 Å². The summed E-state index contributed by atoms with van der Waals surface area (Å²) in [5.41, 5.74) is 7.82. The molecule has 2 aromatic rings. The highest BCUT2D eigenvalue weighted by Gasteiger charge is 2.36. The van der Waals surface area contributed by atoms with Crippen molar-refractivity contribution in [2.75, 3.05) is 19.6 Å². The lowest BCUT2D eigenvalue weighted by atomic mass is 9.86. The predicted molar refractivity (Wildman–Crippen MR) is 120 cm³/mol. The van der Waals surface area contributed by atoms with Gasteiger partial charge in [-0.2, -0.15) is 0 Å². The molecular weight excluding hydrogens is 457 g/mol. The number of nitrogens with two attached hydrogens (primary N) is 1. The van der Waals surface area contributed by atoms with Crippen molar-refractivity contribution in [3.05, 3.63) is 57.8 Å². The van der Waals surface area contributed by atoms with Crippen molar-refractivity contribution >= 4 is 52.0 Å². The van der Waals surface area contributed by atoms with E-state index in [1.165, 1.54) is 0 Å². The third-order valence-corrected chi connectivity index (χ3v) is 6.49. The maximum Gasteiger partial charge on any atom is 0.327 e. The zero-order valence-electron chi connectivity index (χ0n) is 16.9. The minimum absolute atomic E-state index is 0.129. The van der Waals surface area contributed by atoms with Gasteiger partial charge in [-0.25, -0.2) is 4.79 Å². The zero-order valence-corrected chi connectivity index (χ0v) is 18.4. The number of carboxylic acid groups (broad SMARTS) is 1. The third-order valence-electron chi connectivity index (χ3n) is 5.69. The molecule has 1 aromatic heterocycles. The minimum atomic E-state index is -1.24. The Kier molecular flexibility index (Phi) is 6.28. The number of amides is 2. The molecular formula is C22H21Cl2N3O5. The molecule has 168 valence electrons. The van der Waals surface area contributed by atoms with Crippen LogP contribution in [0.5, 0.6) is 0 Å². The number of furan rings is 1. The minimum Gasteiger partial charge on any atom is -0.480 e. The van der Waals surface area contributed by atoms with Crippen molar-refractivity contribution in [2.45, 2.75) is 24.3 Å². The summed E-state index contributed by atoms with van der Waals surface area (Å²) in [4.78, 5) is 38.5. The number of allylic oxidation sites excluding steroid dienone is 1. The van der Waals surface area contributed by atoms with E-state index in [0.29, 0.717) is 31.5 Å². The third kappa shape index (κ3) is 4.13. The fourth-order valence-corrected chi connectivity index (χ4v) is 4.91. The Morgan fingerprint density at radius 2 is 2.06 bits per heavy atom. The number of alkyl halides is 1. The molecule has 0 fully saturated rings. The maximum atomic E-state index is 13.0. The number of hydrogen-bond donors (Lipinski definition) is 3. The monoisotopic (exact) mass is 477 g/mol. The molecule has 32 heavy (non-hydrogen) atoms. The first kappa shape index (κ1) is 22.4. The molecule has 1 unspecified atom stereocenters. The molecule has 4 rings (SSSR count). The number of carbonyl (C=O) groups excluding carboxylic acids is 2. The van der Waals surface area contributed by atoms with Crippen molar-refractivity contribution in [3.8, 4) is 0 Å². The van der Waals surface area contributed by atoms with Gasteiger partial charge in [-0.1, -0.05) is 29.8 Å². The number of nitrogens with one attached hydrogen (secondary N) is 1. The fourth-order valence-electron chi connectivity index (χ4n) is 4.02. The van der Waals surface area contributed by atoms with Gasteiger partial charge in [-0.05, 0) is 36.1 Å². The Hall–Kier alpha value is -2.81. The van der Waals surface area contributed by atoms with Crippen LogP contribution in [0.25, 0.3) is 11.0 Å². The maximum absolute atomic E-state index is 13.0. The number of benzene rings is 1. The van der Waals surface area contributed by atoms with Crippen molar-refractivity contribution in [1.29, 1.82) is 0 Å². The van der Waals surface area contributed by atoms with E-state index in [1.807, 2.05) is 18.2 Å². The van der Waals surface area contributed by atoms with E-state index in [-0.39, 0.29) is 28.8 Å². The topological polar surface area (TPSA) is 126 Å². The second-order valence-electron chi connectivity index (χ2n) is 7.71. The zero-order chi connectivity index (χ0) is 23.0. The summed E-state index contributed by atoms with van der Waals surface area (Å²) in [7, 11) is 0. The quantitative estimate of drug-likeness (QED) is 0.568. The van der Waals surface area contributed by atoms with Crippen molar-refractivity contribution in [3.63, 3.8) is 0 Å². The lowest BCUT2D eigenvalue weighted by Gasteiger charge is -2.35. The van der Waals surface area contributed by atoms with Crippen molar-refractivity contribution in [1.82, 2.24) is 10.2 Å². The number of fused-ring (bicyclic) bond motifs is 1. The number of para-hydroxylation sites is 1. The average molecular weight is 478 g/mol. The van der Waals surface area contributed by atoms with Crippen molar-refractivity contribution in [2.24, 2.45) is 5.73 Å². The molecule has 0 spiro atoms. The standard InChI is InChI=1S/C22H21Cl2N3O5/c23-14-7-12-10-27(21(29)17-8-11-3-1-2-4-16(11)32-17)6-5-13(12)19(24)18(14)20(28)26-15(9-25)22(30)31/h1-4,8,14-15H,5-7,9-10,25H2,(H,26,28)(H,30,31)/t14?,15-/m0/s1. The number of halogens is 2. The van der Waals surface area contributed by atoms with Gasteiger partial charge < -0.3 is 25.5 Å². The van der Waals surface area contributed by atoms with Gasteiger partial charge in [0.05, 0.1) is 16.0 Å². The van der Waals surface area contributed by atoms with E-state index in [2.05, 4.69) is 5.32 Å². The number of aliphatic carboxylic acids is 1. The van der Waals surface area contributed by atoms with Crippen LogP contribution in [0, 0.1) is 0 Å². The summed E-state index contributed by atoms with van der Waals surface area (Å²) in [6, 6.07) is 7.89.